The zero-order chi connectivity index (χ0) is 9.84. The molecular weight excluding hydrogens is 138 g/mol. The Morgan fingerprint density at radius 2 is 2.64 bits per heavy atom. The van der Waals surface area contributed by atoms with Crippen LogP contribution in [0.15, 0.2) is 23.8 Å². The van der Waals surface area contributed by atoms with Crippen molar-refractivity contribution in [1.82, 2.24) is 0 Å². The van der Waals surface area contributed by atoms with Crippen LogP contribution in [0.1, 0.15) is 28.4 Å². The molecule has 60 valence electrons. The first-order valence-corrected chi connectivity index (χ1v) is 3.75. The Kier molecular flexibility index (Phi) is 2.01. The summed E-state index contributed by atoms with van der Waals surface area (Å²) in [6.45, 7) is 0. The Hall–Kier alpha value is -1.05. The molecule has 0 radical (unpaired) electrons. The molecule has 0 saturated heterocycles. The number of allylic oxidation sites excluding steroid dienone is 4. The molecule has 0 fully saturated rings. The van der Waals surface area contributed by atoms with Gasteiger partial charge in [-0.15, -0.1) is 0 Å². The summed E-state index contributed by atoms with van der Waals surface area (Å²) in [6, 6.07) is 0.624. The minimum atomic E-state index is -0.302. The lowest BCUT2D eigenvalue weighted by atomic mass is 10.1. The number of amides is 1. The van der Waals surface area contributed by atoms with Crippen molar-refractivity contribution in [2.75, 3.05) is 0 Å². The van der Waals surface area contributed by atoms with E-state index in [2.05, 4.69) is 0 Å². The molecule has 2 heteroatoms. The van der Waals surface area contributed by atoms with Crippen molar-refractivity contribution < 1.29 is 7.54 Å². The molecule has 1 amide bonds. The topological polar surface area (TPSA) is 43.1 Å². The van der Waals surface area contributed by atoms with Crippen molar-refractivity contribution in [3.8, 4) is 0 Å². The van der Waals surface area contributed by atoms with Crippen LogP contribution in [-0.2, 0) is 4.79 Å². The Labute approximate surface area is 69.6 Å². The third-order valence-corrected chi connectivity index (χ3v) is 1.60. The first-order chi connectivity index (χ1) is 6.11. The van der Waals surface area contributed by atoms with Gasteiger partial charge in [0.15, 0.2) is 0 Å². The van der Waals surface area contributed by atoms with Crippen LogP contribution >= 0.6 is 0 Å². The summed E-state index contributed by atoms with van der Waals surface area (Å²) in [5, 5.41) is 0. The van der Waals surface area contributed by atoms with Crippen LogP contribution in [0.4, 0.5) is 0 Å². The number of carbonyl (C=O) groups is 1. The Morgan fingerprint density at radius 1 is 1.82 bits per heavy atom. The molecule has 0 unspecified atom stereocenters. The van der Waals surface area contributed by atoms with Crippen molar-refractivity contribution in [2.24, 2.45) is 5.73 Å². The quantitative estimate of drug-likeness (QED) is 0.657. The van der Waals surface area contributed by atoms with E-state index in [0.717, 1.165) is 5.57 Å². The Morgan fingerprint density at radius 3 is 3.18 bits per heavy atom. The molecule has 11 heavy (non-hydrogen) atoms. The fourth-order valence-electron chi connectivity index (χ4n) is 1.02. The lowest BCUT2D eigenvalue weighted by Gasteiger charge is -1.98. The number of carbonyl (C=O) groups excluding carboxylic acids is 1. The third kappa shape index (κ3) is 3.03. The highest BCUT2D eigenvalue weighted by Crippen LogP contribution is 2.16. The van der Waals surface area contributed by atoms with Gasteiger partial charge in [-0.1, -0.05) is 23.8 Å². The Bertz CT molecular complexity index is 281. The number of nitrogens with two attached hydrogens (primary N) is 1. The molecular formula is C9H13NO. The molecule has 0 aromatic rings. The summed E-state index contributed by atoms with van der Waals surface area (Å²) in [6.07, 6.45) is 4.18. The largest absolute Gasteiger partial charge is 0.370 e. The first-order valence-electron chi connectivity index (χ1n) is 4.75. The molecule has 0 bridgehead atoms. The molecule has 0 aromatic heterocycles. The standard InChI is InChI=1S/C9H13NO/c10-9(11)7-3-6-8-4-1-2-5-8/h1-2,4H,3,5-7H2,(H2,10,11)/i1T,4T. The molecule has 1 aliphatic rings. The Balaban J connectivity index is 2.36. The van der Waals surface area contributed by atoms with E-state index in [4.69, 9.17) is 8.48 Å². The highest BCUT2D eigenvalue weighted by molar-refractivity contribution is 5.73. The number of hydrogen-bond acceptors (Lipinski definition) is 1. The second-order valence-corrected chi connectivity index (χ2v) is 2.60. The average molecular weight is 155 g/mol. The van der Waals surface area contributed by atoms with Crippen LogP contribution in [0.3, 0.4) is 0 Å². The fraction of sp³-hybridized carbons (Fsp3) is 0.444. The molecule has 1 aliphatic carbocycles. The van der Waals surface area contributed by atoms with Crippen LogP contribution in [0, 0.1) is 0 Å². The van der Waals surface area contributed by atoms with Gasteiger partial charge < -0.3 is 5.73 Å². The van der Waals surface area contributed by atoms with E-state index >= 15 is 0 Å². The maximum Gasteiger partial charge on any atom is 0.217 e. The minimum absolute atomic E-state index is 0.300. The predicted molar refractivity (Wildman–Crippen MR) is 44.9 cm³/mol. The highest BCUT2D eigenvalue weighted by Gasteiger charge is 2.00. The van der Waals surface area contributed by atoms with Gasteiger partial charge in [-0.05, 0) is 19.3 Å². The highest BCUT2D eigenvalue weighted by atomic mass is 16.1. The summed E-state index contributed by atoms with van der Waals surface area (Å²) in [5.41, 5.74) is 5.94. The van der Waals surface area contributed by atoms with Crippen molar-refractivity contribution >= 4 is 5.91 Å². The third-order valence-electron chi connectivity index (χ3n) is 1.60. The fourth-order valence-corrected chi connectivity index (χ4v) is 1.02. The molecule has 1 rings (SSSR count). The second-order valence-electron chi connectivity index (χ2n) is 2.60. The van der Waals surface area contributed by atoms with Crippen LogP contribution in [-0.4, -0.2) is 5.91 Å². The summed E-state index contributed by atoms with van der Waals surface area (Å²) >= 11 is 0. The van der Waals surface area contributed by atoms with Crippen LogP contribution < -0.4 is 5.73 Å². The summed E-state index contributed by atoms with van der Waals surface area (Å²) in [4.78, 5) is 10.4. The van der Waals surface area contributed by atoms with Gasteiger partial charge in [0.2, 0.25) is 5.91 Å². The molecule has 2 nitrogen and oxygen atoms in total. The van der Waals surface area contributed by atoms with Crippen molar-refractivity contribution in [2.45, 2.75) is 25.7 Å². The summed E-state index contributed by atoms with van der Waals surface area (Å²) in [7, 11) is 0. The molecule has 0 aliphatic heterocycles. The first kappa shape index (κ1) is 5.58. The van der Waals surface area contributed by atoms with Crippen molar-refractivity contribution in [3.63, 3.8) is 0 Å². The van der Waals surface area contributed by atoms with E-state index in [1.54, 1.807) is 6.08 Å². The molecule has 2 N–H and O–H groups in total. The maximum absolute atomic E-state index is 10.4. The van der Waals surface area contributed by atoms with E-state index in [0.29, 0.717) is 37.8 Å². The van der Waals surface area contributed by atoms with Crippen LogP contribution in [0.2, 0.25) is 0 Å². The summed E-state index contributed by atoms with van der Waals surface area (Å²) in [5.74, 6) is -0.302. The van der Waals surface area contributed by atoms with Crippen LogP contribution in [0.5, 0.6) is 0 Å². The SMILES string of the molecule is [3H]C1=CCC(CCCC(N)=O)=C1[3H]. The summed E-state index contributed by atoms with van der Waals surface area (Å²) < 4.78 is 14.8. The molecule has 0 atom stereocenters. The molecule has 0 spiro atoms. The van der Waals surface area contributed by atoms with Gasteiger partial charge in [0.25, 0.3) is 0 Å². The normalized spacial score (nSPS) is 19.5. The van der Waals surface area contributed by atoms with E-state index < -0.39 is 0 Å². The van der Waals surface area contributed by atoms with Gasteiger partial charge in [-0.25, -0.2) is 0 Å². The van der Waals surface area contributed by atoms with Gasteiger partial charge >= 0.3 is 0 Å². The van der Waals surface area contributed by atoms with Crippen LogP contribution in [0.25, 0.3) is 0 Å². The maximum atomic E-state index is 10.4. The van der Waals surface area contributed by atoms with E-state index in [9.17, 15) is 4.79 Å². The monoisotopic (exact) mass is 155 g/mol. The molecule has 0 heterocycles. The molecule has 0 saturated carbocycles. The van der Waals surface area contributed by atoms with E-state index in [1.807, 2.05) is 0 Å². The average Bonchev–Trinajstić information content (AvgIpc) is 2.35. The smallest absolute Gasteiger partial charge is 0.217 e. The van der Waals surface area contributed by atoms with Gasteiger partial charge in [0, 0.05) is 6.42 Å². The number of primary amides is 1. The van der Waals surface area contributed by atoms with Gasteiger partial charge in [0.05, 0.1) is 2.74 Å². The number of rotatable bonds is 4. The van der Waals surface area contributed by atoms with Gasteiger partial charge in [0.1, 0.15) is 0 Å². The van der Waals surface area contributed by atoms with Crippen molar-refractivity contribution in [1.29, 1.82) is 0 Å². The molecule has 0 aromatic carbocycles. The second kappa shape index (κ2) is 3.96. The van der Waals surface area contributed by atoms with Gasteiger partial charge in [-0.3, -0.25) is 4.79 Å². The number of hydrogen-bond donors (Lipinski definition) is 1. The predicted octanol–water partition coefficient (Wildman–Crippen LogP) is 1.53. The minimum Gasteiger partial charge on any atom is -0.370 e. The zero-order valence-corrected chi connectivity index (χ0v) is 6.39. The van der Waals surface area contributed by atoms with E-state index in [-0.39, 0.29) is 5.91 Å². The van der Waals surface area contributed by atoms with Gasteiger partial charge in [-0.2, -0.15) is 0 Å². The van der Waals surface area contributed by atoms with Crippen molar-refractivity contribution in [3.05, 3.63) is 23.8 Å². The lowest BCUT2D eigenvalue weighted by molar-refractivity contribution is -0.118. The zero-order valence-electron chi connectivity index (χ0n) is 8.39. The lowest BCUT2D eigenvalue weighted by Crippen LogP contribution is -2.09. The van der Waals surface area contributed by atoms with E-state index in [1.165, 1.54) is 0 Å².